The van der Waals surface area contributed by atoms with E-state index in [1.165, 1.54) is 17.0 Å². The number of nitrogens with zero attached hydrogens (tertiary/aromatic N) is 1. The number of nitrogens with one attached hydrogen (secondary N) is 1. The summed E-state index contributed by atoms with van der Waals surface area (Å²) in [5.41, 5.74) is 0.327. The van der Waals surface area contributed by atoms with Gasteiger partial charge in [-0.3, -0.25) is 9.59 Å². The SMILES string of the molecule is CC(C)(C)C1NC(=O)CN(Cc2cccc(F)c2)C1=O. The van der Waals surface area contributed by atoms with Gasteiger partial charge in [0.1, 0.15) is 11.9 Å². The fourth-order valence-corrected chi connectivity index (χ4v) is 2.28. The molecule has 4 nitrogen and oxygen atoms in total. The molecule has 0 aliphatic carbocycles. The van der Waals surface area contributed by atoms with Crippen LogP contribution in [0.5, 0.6) is 0 Å². The fraction of sp³-hybridized carbons (Fsp3) is 0.467. The van der Waals surface area contributed by atoms with Crippen molar-refractivity contribution < 1.29 is 14.0 Å². The average molecular weight is 278 g/mol. The molecule has 2 rings (SSSR count). The van der Waals surface area contributed by atoms with Gasteiger partial charge in [-0.05, 0) is 23.1 Å². The van der Waals surface area contributed by atoms with Crippen LogP contribution in [0.25, 0.3) is 0 Å². The van der Waals surface area contributed by atoms with Crippen LogP contribution in [-0.4, -0.2) is 29.3 Å². The van der Waals surface area contributed by atoms with Crippen molar-refractivity contribution in [3.05, 3.63) is 35.6 Å². The smallest absolute Gasteiger partial charge is 0.246 e. The zero-order chi connectivity index (χ0) is 14.9. The highest BCUT2D eigenvalue weighted by molar-refractivity contribution is 5.95. The van der Waals surface area contributed by atoms with E-state index in [2.05, 4.69) is 5.32 Å². The Morgan fingerprint density at radius 1 is 1.35 bits per heavy atom. The number of benzene rings is 1. The molecule has 1 aliphatic heterocycles. The number of rotatable bonds is 2. The van der Waals surface area contributed by atoms with Crippen LogP contribution in [0.2, 0.25) is 0 Å². The predicted octanol–water partition coefficient (Wildman–Crippen LogP) is 1.70. The second-order valence-corrected chi connectivity index (χ2v) is 6.19. The van der Waals surface area contributed by atoms with Crippen molar-refractivity contribution in [3.8, 4) is 0 Å². The van der Waals surface area contributed by atoms with Crippen LogP contribution in [0, 0.1) is 11.2 Å². The van der Waals surface area contributed by atoms with Crippen molar-refractivity contribution in [2.45, 2.75) is 33.4 Å². The molecular formula is C15H19FN2O2. The Balaban J connectivity index is 2.18. The van der Waals surface area contributed by atoms with E-state index in [1.54, 1.807) is 12.1 Å². The number of hydrogen-bond acceptors (Lipinski definition) is 2. The Morgan fingerprint density at radius 2 is 2.05 bits per heavy atom. The Bertz CT molecular complexity index is 537. The Hall–Kier alpha value is -1.91. The fourth-order valence-electron chi connectivity index (χ4n) is 2.28. The molecule has 0 aromatic heterocycles. The Morgan fingerprint density at radius 3 is 2.65 bits per heavy atom. The number of carbonyl (C=O) groups is 2. The van der Waals surface area contributed by atoms with Gasteiger partial charge >= 0.3 is 0 Å². The van der Waals surface area contributed by atoms with Crippen molar-refractivity contribution in [3.63, 3.8) is 0 Å². The van der Waals surface area contributed by atoms with E-state index in [4.69, 9.17) is 0 Å². The first-order valence-corrected chi connectivity index (χ1v) is 6.60. The molecule has 1 fully saturated rings. The summed E-state index contributed by atoms with van der Waals surface area (Å²) in [6.07, 6.45) is 0. The lowest BCUT2D eigenvalue weighted by atomic mass is 9.84. The minimum atomic E-state index is -0.544. The molecule has 0 radical (unpaired) electrons. The van der Waals surface area contributed by atoms with Gasteiger partial charge in [-0.15, -0.1) is 0 Å². The third kappa shape index (κ3) is 3.15. The van der Waals surface area contributed by atoms with Gasteiger partial charge in [0.05, 0.1) is 6.54 Å². The highest BCUT2D eigenvalue weighted by Gasteiger charge is 2.39. The molecule has 1 saturated heterocycles. The first-order chi connectivity index (χ1) is 9.27. The second kappa shape index (κ2) is 5.23. The Kier molecular flexibility index (Phi) is 3.79. The molecule has 0 bridgehead atoms. The summed E-state index contributed by atoms with van der Waals surface area (Å²) in [5, 5.41) is 2.73. The lowest BCUT2D eigenvalue weighted by Gasteiger charge is -2.38. The van der Waals surface area contributed by atoms with E-state index in [-0.39, 0.29) is 36.1 Å². The van der Waals surface area contributed by atoms with Gasteiger partial charge in [-0.25, -0.2) is 4.39 Å². The molecule has 0 saturated carbocycles. The molecule has 1 atom stereocenters. The summed E-state index contributed by atoms with van der Waals surface area (Å²) in [6, 6.07) is 5.53. The van der Waals surface area contributed by atoms with Crippen molar-refractivity contribution in [1.82, 2.24) is 10.2 Å². The number of halogens is 1. The maximum atomic E-state index is 13.2. The molecule has 1 N–H and O–H groups in total. The van der Waals surface area contributed by atoms with Crippen LogP contribution in [0.3, 0.4) is 0 Å². The highest BCUT2D eigenvalue weighted by atomic mass is 19.1. The zero-order valence-electron chi connectivity index (χ0n) is 11.9. The molecule has 20 heavy (non-hydrogen) atoms. The van der Waals surface area contributed by atoms with Crippen LogP contribution < -0.4 is 5.32 Å². The molecule has 2 amide bonds. The van der Waals surface area contributed by atoms with Crippen LogP contribution >= 0.6 is 0 Å². The predicted molar refractivity (Wildman–Crippen MR) is 73.2 cm³/mol. The zero-order valence-corrected chi connectivity index (χ0v) is 11.9. The van der Waals surface area contributed by atoms with Gasteiger partial charge in [0.2, 0.25) is 11.8 Å². The number of amides is 2. The quantitative estimate of drug-likeness (QED) is 0.895. The number of carbonyl (C=O) groups excluding carboxylic acids is 2. The van der Waals surface area contributed by atoms with Crippen molar-refractivity contribution in [1.29, 1.82) is 0 Å². The number of piperazine rings is 1. The average Bonchev–Trinajstić information content (AvgIpc) is 2.32. The summed E-state index contributed by atoms with van der Waals surface area (Å²) < 4.78 is 13.2. The molecule has 1 aliphatic rings. The topological polar surface area (TPSA) is 49.4 Å². The number of hydrogen-bond donors (Lipinski definition) is 1. The molecule has 0 spiro atoms. The third-order valence-electron chi connectivity index (χ3n) is 3.33. The van der Waals surface area contributed by atoms with Crippen LogP contribution in [0.1, 0.15) is 26.3 Å². The van der Waals surface area contributed by atoms with Gasteiger partial charge in [-0.1, -0.05) is 32.9 Å². The highest BCUT2D eigenvalue weighted by Crippen LogP contribution is 2.24. The van der Waals surface area contributed by atoms with Gasteiger partial charge in [0.25, 0.3) is 0 Å². The molecule has 1 unspecified atom stereocenters. The van der Waals surface area contributed by atoms with E-state index in [9.17, 15) is 14.0 Å². The monoisotopic (exact) mass is 278 g/mol. The van der Waals surface area contributed by atoms with E-state index in [1.807, 2.05) is 20.8 Å². The molecule has 1 aromatic rings. The van der Waals surface area contributed by atoms with Crippen molar-refractivity contribution in [2.24, 2.45) is 5.41 Å². The Labute approximate surface area is 118 Å². The minimum absolute atomic E-state index is 0.0158. The maximum Gasteiger partial charge on any atom is 0.246 e. The first kappa shape index (κ1) is 14.5. The lowest BCUT2D eigenvalue weighted by Crippen LogP contribution is -2.61. The lowest BCUT2D eigenvalue weighted by molar-refractivity contribution is -0.147. The van der Waals surface area contributed by atoms with Gasteiger partial charge in [-0.2, -0.15) is 0 Å². The van der Waals surface area contributed by atoms with Crippen LogP contribution in [0.15, 0.2) is 24.3 Å². The van der Waals surface area contributed by atoms with Crippen molar-refractivity contribution in [2.75, 3.05) is 6.54 Å². The standard InChI is InChI=1S/C15H19FN2O2/c1-15(2,3)13-14(20)18(9-12(19)17-13)8-10-5-4-6-11(16)7-10/h4-7,13H,8-9H2,1-3H3,(H,17,19). The largest absolute Gasteiger partial charge is 0.342 e. The summed E-state index contributed by atoms with van der Waals surface area (Å²) >= 11 is 0. The van der Waals surface area contributed by atoms with Gasteiger partial charge in [0, 0.05) is 6.54 Å². The molecule has 1 aromatic carbocycles. The molecule has 5 heteroatoms. The van der Waals surface area contributed by atoms with E-state index >= 15 is 0 Å². The second-order valence-electron chi connectivity index (χ2n) is 6.19. The van der Waals surface area contributed by atoms with Crippen molar-refractivity contribution >= 4 is 11.8 Å². The molecule has 1 heterocycles. The molecule has 108 valence electrons. The van der Waals surface area contributed by atoms with Gasteiger partial charge < -0.3 is 10.2 Å². The molecular weight excluding hydrogens is 259 g/mol. The summed E-state index contributed by atoms with van der Waals surface area (Å²) in [5.74, 6) is -0.647. The van der Waals surface area contributed by atoms with E-state index in [0.717, 1.165) is 0 Å². The van der Waals surface area contributed by atoms with Crippen LogP contribution in [0.4, 0.5) is 4.39 Å². The minimum Gasteiger partial charge on any atom is -0.342 e. The maximum absolute atomic E-state index is 13.2. The normalized spacial score (nSPS) is 20.0. The van der Waals surface area contributed by atoms with E-state index in [0.29, 0.717) is 5.56 Å². The first-order valence-electron chi connectivity index (χ1n) is 6.60. The van der Waals surface area contributed by atoms with Crippen LogP contribution in [-0.2, 0) is 16.1 Å². The summed E-state index contributed by atoms with van der Waals surface area (Å²) in [6.45, 7) is 5.98. The van der Waals surface area contributed by atoms with E-state index < -0.39 is 6.04 Å². The summed E-state index contributed by atoms with van der Waals surface area (Å²) in [4.78, 5) is 25.7. The summed E-state index contributed by atoms with van der Waals surface area (Å²) in [7, 11) is 0. The van der Waals surface area contributed by atoms with Gasteiger partial charge in [0.15, 0.2) is 0 Å². The third-order valence-corrected chi connectivity index (χ3v) is 3.33.